The fourth-order valence-corrected chi connectivity index (χ4v) is 3.53. The van der Waals surface area contributed by atoms with E-state index in [1.165, 1.54) is 6.92 Å². The summed E-state index contributed by atoms with van der Waals surface area (Å²) in [6.45, 7) is 1.23. The first kappa shape index (κ1) is 16.2. The van der Waals surface area contributed by atoms with Gasteiger partial charge in [0.1, 0.15) is 17.9 Å². The largest absolute Gasteiger partial charge is 0.480 e. The first-order valence-corrected chi connectivity index (χ1v) is 6.91. The number of carbonyl (C=O) groups is 3. The molecule has 6 N–H and O–H groups in total. The Morgan fingerprint density at radius 1 is 1.18 bits per heavy atom. The molecule has 98 valence electrons. The van der Waals surface area contributed by atoms with Crippen LogP contribution in [-0.4, -0.2) is 51.0 Å². The monoisotopic (exact) mass is 282 g/mol. The van der Waals surface area contributed by atoms with E-state index in [2.05, 4.69) is 0 Å². The number of hydrogen-bond acceptors (Lipinski definition) is 7. The van der Waals surface area contributed by atoms with Gasteiger partial charge in [0.15, 0.2) is 0 Å². The van der Waals surface area contributed by atoms with E-state index in [0.29, 0.717) is 0 Å². The zero-order valence-electron chi connectivity index (χ0n) is 9.03. The van der Waals surface area contributed by atoms with Crippen molar-refractivity contribution >= 4 is 39.3 Å². The molecule has 0 aliphatic heterocycles. The molecule has 0 heterocycles. The summed E-state index contributed by atoms with van der Waals surface area (Å²) in [5, 5.41) is 16.3. The predicted octanol–water partition coefficient (Wildman–Crippen LogP) is -0.851. The second-order valence-corrected chi connectivity index (χ2v) is 5.77. The van der Waals surface area contributed by atoms with Crippen LogP contribution < -0.4 is 11.5 Å². The summed E-state index contributed by atoms with van der Waals surface area (Å²) < 4.78 is 0. The lowest BCUT2D eigenvalue weighted by Crippen LogP contribution is -2.43. The summed E-state index contributed by atoms with van der Waals surface area (Å²) in [6.07, 6.45) is 0. The fourth-order valence-electron chi connectivity index (χ4n) is 0.767. The van der Waals surface area contributed by atoms with Gasteiger partial charge in [0.2, 0.25) is 0 Å². The van der Waals surface area contributed by atoms with Gasteiger partial charge in [-0.25, -0.2) is 0 Å². The third-order valence-corrected chi connectivity index (χ3v) is 4.65. The minimum absolute atomic E-state index is 0.0656. The summed E-state index contributed by atoms with van der Waals surface area (Å²) in [4.78, 5) is 32.2. The van der Waals surface area contributed by atoms with Gasteiger partial charge in [-0.15, -0.1) is 0 Å². The summed E-state index contributed by atoms with van der Waals surface area (Å²) in [6, 6.07) is -2.37. The number of carboxylic acids is 2. The average Bonchev–Trinajstić information content (AvgIpc) is 2.22. The minimum Gasteiger partial charge on any atom is -0.480 e. The molecule has 3 atom stereocenters. The third-order valence-electron chi connectivity index (χ3n) is 1.75. The highest BCUT2D eigenvalue weighted by molar-refractivity contribution is 8.77. The Bertz CT molecular complexity index is 312. The maximum Gasteiger partial charge on any atom is 0.322 e. The van der Waals surface area contributed by atoms with E-state index in [-0.39, 0.29) is 11.5 Å². The van der Waals surface area contributed by atoms with Gasteiger partial charge in [0.05, 0.1) is 5.25 Å². The molecule has 0 spiro atoms. The van der Waals surface area contributed by atoms with E-state index in [0.717, 1.165) is 21.6 Å². The van der Waals surface area contributed by atoms with E-state index in [4.69, 9.17) is 21.7 Å². The Morgan fingerprint density at radius 2 is 1.71 bits per heavy atom. The van der Waals surface area contributed by atoms with E-state index in [1.54, 1.807) is 0 Å². The standard InChI is InChI=1S/C8H14N2O5S2/c1-3(11)6(5(10)8(14)15)17-16-2-4(9)7(12)13/h4-6H,2,9-10H2,1H3,(H,12,13)(H,14,15)/t4-,5-,6?/m0/s1. The Morgan fingerprint density at radius 3 is 2.06 bits per heavy atom. The van der Waals surface area contributed by atoms with Crippen molar-refractivity contribution < 1.29 is 24.6 Å². The van der Waals surface area contributed by atoms with Crippen LogP contribution >= 0.6 is 21.6 Å². The van der Waals surface area contributed by atoms with Gasteiger partial charge in [-0.05, 0) is 6.92 Å². The molecule has 1 unspecified atom stereocenters. The number of carboxylic acid groups (broad SMARTS) is 2. The molecule has 0 bridgehead atoms. The quantitative estimate of drug-likeness (QED) is 0.418. The van der Waals surface area contributed by atoms with Crippen LogP contribution in [-0.2, 0) is 14.4 Å². The Kier molecular flexibility index (Phi) is 7.19. The number of aliphatic carboxylic acids is 2. The SMILES string of the molecule is CC(=O)C(SSC[C@H](N)C(=O)O)[C@H](N)C(=O)O. The minimum atomic E-state index is -1.31. The van der Waals surface area contributed by atoms with Gasteiger partial charge in [-0.2, -0.15) is 0 Å². The molecule has 17 heavy (non-hydrogen) atoms. The number of rotatable bonds is 8. The summed E-state index contributed by atoms with van der Waals surface area (Å²) in [5.74, 6) is -2.74. The smallest absolute Gasteiger partial charge is 0.322 e. The van der Waals surface area contributed by atoms with Gasteiger partial charge < -0.3 is 21.7 Å². The molecule has 0 aromatic heterocycles. The molecule has 0 aromatic rings. The first-order valence-electron chi connectivity index (χ1n) is 4.52. The fraction of sp³-hybridized carbons (Fsp3) is 0.625. The van der Waals surface area contributed by atoms with Crippen LogP contribution in [0, 0.1) is 0 Å². The van der Waals surface area contributed by atoms with Gasteiger partial charge in [0.25, 0.3) is 0 Å². The van der Waals surface area contributed by atoms with Crippen molar-refractivity contribution in [2.45, 2.75) is 24.3 Å². The Hall–Kier alpha value is -0.770. The second-order valence-electron chi connectivity index (χ2n) is 3.22. The molecule has 0 amide bonds. The normalized spacial score (nSPS) is 15.9. The van der Waals surface area contributed by atoms with Gasteiger partial charge in [-0.3, -0.25) is 14.4 Å². The maximum absolute atomic E-state index is 11.2. The molecule has 0 saturated carbocycles. The molecular formula is C8H14N2O5S2. The summed E-state index contributed by atoms with van der Waals surface area (Å²) in [7, 11) is 1.95. The molecule has 0 fully saturated rings. The van der Waals surface area contributed by atoms with E-state index in [9.17, 15) is 14.4 Å². The second kappa shape index (κ2) is 7.54. The third kappa shape index (κ3) is 5.91. The van der Waals surface area contributed by atoms with Crippen LogP contribution in [0.2, 0.25) is 0 Å². The maximum atomic E-state index is 11.2. The number of hydrogen-bond donors (Lipinski definition) is 4. The molecule has 0 rings (SSSR count). The van der Waals surface area contributed by atoms with Crippen LogP contribution in [0.25, 0.3) is 0 Å². The first-order chi connectivity index (χ1) is 7.77. The molecule has 0 radical (unpaired) electrons. The molecule has 0 aromatic carbocycles. The van der Waals surface area contributed by atoms with Crippen molar-refractivity contribution in [2.75, 3.05) is 5.75 Å². The lowest BCUT2D eigenvalue weighted by Gasteiger charge is -2.17. The van der Waals surface area contributed by atoms with Gasteiger partial charge >= 0.3 is 11.9 Å². The number of ketones is 1. The van der Waals surface area contributed by atoms with Crippen LogP contribution in [0.15, 0.2) is 0 Å². The topological polar surface area (TPSA) is 144 Å². The van der Waals surface area contributed by atoms with Crippen molar-refractivity contribution in [3.05, 3.63) is 0 Å². The average molecular weight is 282 g/mol. The molecule has 0 saturated heterocycles. The number of carbonyl (C=O) groups excluding carboxylic acids is 1. The van der Waals surface area contributed by atoms with Crippen LogP contribution in [0.3, 0.4) is 0 Å². The van der Waals surface area contributed by atoms with Crippen molar-refractivity contribution in [1.82, 2.24) is 0 Å². The van der Waals surface area contributed by atoms with E-state index >= 15 is 0 Å². The van der Waals surface area contributed by atoms with E-state index in [1.807, 2.05) is 0 Å². The predicted molar refractivity (Wildman–Crippen MR) is 65.7 cm³/mol. The Balaban J connectivity index is 4.25. The molecule has 9 heteroatoms. The highest BCUT2D eigenvalue weighted by Crippen LogP contribution is 2.29. The molecule has 0 aliphatic rings. The van der Waals surface area contributed by atoms with Crippen molar-refractivity contribution in [2.24, 2.45) is 11.5 Å². The molecule has 7 nitrogen and oxygen atoms in total. The van der Waals surface area contributed by atoms with Crippen molar-refractivity contribution in [3.63, 3.8) is 0 Å². The van der Waals surface area contributed by atoms with E-state index < -0.39 is 29.3 Å². The van der Waals surface area contributed by atoms with Crippen molar-refractivity contribution in [1.29, 1.82) is 0 Å². The van der Waals surface area contributed by atoms with Crippen LogP contribution in [0.1, 0.15) is 6.92 Å². The highest BCUT2D eigenvalue weighted by Gasteiger charge is 2.29. The lowest BCUT2D eigenvalue weighted by molar-refractivity contribution is -0.140. The van der Waals surface area contributed by atoms with Crippen molar-refractivity contribution in [3.8, 4) is 0 Å². The van der Waals surface area contributed by atoms with Gasteiger partial charge in [0, 0.05) is 5.75 Å². The number of Topliss-reactive ketones (excluding diaryl/α,β-unsaturated/α-hetero) is 1. The summed E-state index contributed by atoms with van der Waals surface area (Å²) in [5.41, 5.74) is 10.6. The van der Waals surface area contributed by atoms with Crippen LogP contribution in [0.4, 0.5) is 0 Å². The summed E-state index contributed by atoms with van der Waals surface area (Å²) >= 11 is 0. The molecular weight excluding hydrogens is 268 g/mol. The molecule has 0 aliphatic carbocycles. The Labute approximate surface area is 106 Å². The zero-order chi connectivity index (χ0) is 13.6. The van der Waals surface area contributed by atoms with Gasteiger partial charge in [-0.1, -0.05) is 21.6 Å². The van der Waals surface area contributed by atoms with Crippen LogP contribution in [0.5, 0.6) is 0 Å². The number of nitrogens with two attached hydrogens (primary N) is 2. The lowest BCUT2D eigenvalue weighted by atomic mass is 10.1. The highest BCUT2D eigenvalue weighted by atomic mass is 33.1. The zero-order valence-corrected chi connectivity index (χ0v) is 10.7.